The molecule has 0 atom stereocenters. The number of hydrogen-bond donors (Lipinski definition) is 2. The zero-order valence-corrected chi connectivity index (χ0v) is 13.9. The molecule has 1 aromatic rings. The number of amides is 1. The number of hydrazine groups is 1. The molecule has 6 nitrogen and oxygen atoms in total. The van der Waals surface area contributed by atoms with Gasteiger partial charge in [-0.2, -0.15) is 0 Å². The minimum absolute atomic E-state index is 0.0594. The van der Waals surface area contributed by atoms with Crippen LogP contribution in [0.25, 0.3) is 0 Å². The van der Waals surface area contributed by atoms with Gasteiger partial charge in [-0.1, -0.05) is 13.8 Å². The first-order valence-corrected chi connectivity index (χ1v) is 7.36. The molecule has 0 aromatic heterocycles. The van der Waals surface area contributed by atoms with E-state index in [1.807, 2.05) is 13.8 Å². The average Bonchev–Trinajstić information content (AvgIpc) is 2.50. The van der Waals surface area contributed by atoms with Crippen LogP contribution in [0.15, 0.2) is 30.0 Å². The molecule has 1 aromatic carbocycles. The average molecular weight is 318 g/mol. The van der Waals surface area contributed by atoms with Crippen molar-refractivity contribution in [2.45, 2.75) is 26.7 Å². The summed E-state index contributed by atoms with van der Waals surface area (Å²) in [4.78, 5) is 23.9. The van der Waals surface area contributed by atoms with E-state index in [0.29, 0.717) is 35.6 Å². The molecule has 1 amide bonds. The molecular weight excluding hydrogens is 296 g/mol. The summed E-state index contributed by atoms with van der Waals surface area (Å²) in [6.07, 6.45) is 2.76. The Morgan fingerprint density at radius 3 is 2.43 bits per heavy atom. The van der Waals surface area contributed by atoms with E-state index < -0.39 is 0 Å². The van der Waals surface area contributed by atoms with Gasteiger partial charge in [0.05, 0.1) is 14.2 Å². The Bertz CT molecular complexity index is 650. The second kappa shape index (κ2) is 6.73. The van der Waals surface area contributed by atoms with Crippen LogP contribution in [0.2, 0.25) is 0 Å². The van der Waals surface area contributed by atoms with Crippen LogP contribution < -0.4 is 20.3 Å². The summed E-state index contributed by atoms with van der Waals surface area (Å²) in [5.41, 5.74) is 6.48. The fourth-order valence-electron chi connectivity index (χ4n) is 2.61. The zero-order valence-electron chi connectivity index (χ0n) is 13.9. The van der Waals surface area contributed by atoms with Gasteiger partial charge < -0.3 is 14.9 Å². The van der Waals surface area contributed by atoms with E-state index in [0.717, 1.165) is 0 Å². The van der Waals surface area contributed by atoms with E-state index >= 15 is 0 Å². The van der Waals surface area contributed by atoms with Crippen LogP contribution in [0.4, 0.5) is 0 Å². The molecule has 0 saturated heterocycles. The molecule has 0 spiro atoms. The Morgan fingerprint density at radius 2 is 1.83 bits per heavy atom. The summed E-state index contributed by atoms with van der Waals surface area (Å²) in [6, 6.07) is 4.91. The van der Waals surface area contributed by atoms with Gasteiger partial charge >= 0.3 is 0 Å². The Balaban J connectivity index is 2.04. The highest BCUT2D eigenvalue weighted by Crippen LogP contribution is 2.32. The molecule has 0 saturated carbocycles. The maximum absolute atomic E-state index is 12.2. The fourth-order valence-corrected chi connectivity index (χ4v) is 2.61. The van der Waals surface area contributed by atoms with E-state index in [4.69, 9.17) is 9.47 Å². The van der Waals surface area contributed by atoms with Crippen LogP contribution in [0, 0.1) is 5.41 Å². The molecule has 6 heteroatoms. The number of carbonyl (C=O) groups is 2. The molecule has 1 aliphatic rings. The van der Waals surface area contributed by atoms with Crippen molar-refractivity contribution in [3.8, 4) is 11.5 Å². The summed E-state index contributed by atoms with van der Waals surface area (Å²) in [6.45, 7) is 4.05. The second-order valence-corrected chi connectivity index (χ2v) is 6.30. The van der Waals surface area contributed by atoms with Crippen molar-refractivity contribution < 1.29 is 19.1 Å². The van der Waals surface area contributed by atoms with E-state index in [2.05, 4.69) is 10.9 Å². The van der Waals surface area contributed by atoms with Gasteiger partial charge in [-0.05, 0) is 30.0 Å². The lowest BCUT2D eigenvalue weighted by Crippen LogP contribution is -2.39. The van der Waals surface area contributed by atoms with E-state index in [9.17, 15) is 9.59 Å². The standard InChI is InChI=1S/C17H22N2O4/c1-17(2)9-12(8-13(20)10-17)18-19-16(21)11-5-6-14(22-3)15(7-11)23-4/h5-8,18H,9-10H2,1-4H3,(H,19,21). The van der Waals surface area contributed by atoms with Crippen LogP contribution in [0.1, 0.15) is 37.0 Å². The van der Waals surface area contributed by atoms with Crippen LogP contribution in [0.5, 0.6) is 11.5 Å². The molecule has 0 unspecified atom stereocenters. The van der Waals surface area contributed by atoms with Crippen LogP contribution in [0.3, 0.4) is 0 Å². The number of nitrogens with one attached hydrogen (secondary N) is 2. The SMILES string of the molecule is COc1ccc(C(=O)NNC2=CC(=O)CC(C)(C)C2)cc1OC. The van der Waals surface area contributed by atoms with Crippen molar-refractivity contribution in [3.63, 3.8) is 0 Å². The number of benzene rings is 1. The molecule has 1 aliphatic carbocycles. The van der Waals surface area contributed by atoms with Crippen LogP contribution in [-0.2, 0) is 4.79 Å². The largest absolute Gasteiger partial charge is 0.493 e. The van der Waals surface area contributed by atoms with Crippen LogP contribution in [-0.4, -0.2) is 25.9 Å². The van der Waals surface area contributed by atoms with Crippen molar-refractivity contribution in [1.82, 2.24) is 10.9 Å². The Morgan fingerprint density at radius 1 is 1.13 bits per heavy atom. The first-order chi connectivity index (χ1) is 10.8. The van der Waals surface area contributed by atoms with Gasteiger partial charge in [-0.15, -0.1) is 0 Å². The van der Waals surface area contributed by atoms with Crippen molar-refractivity contribution >= 4 is 11.7 Å². The molecule has 0 fully saturated rings. The number of ketones is 1. The van der Waals surface area contributed by atoms with E-state index in [-0.39, 0.29) is 17.1 Å². The highest BCUT2D eigenvalue weighted by molar-refractivity contribution is 5.95. The summed E-state index contributed by atoms with van der Waals surface area (Å²) < 4.78 is 10.3. The van der Waals surface area contributed by atoms with Gasteiger partial charge in [-0.25, -0.2) is 0 Å². The van der Waals surface area contributed by atoms with Gasteiger partial charge in [0, 0.05) is 23.8 Å². The third kappa shape index (κ3) is 4.25. The third-order valence-electron chi connectivity index (χ3n) is 3.64. The number of methoxy groups -OCH3 is 2. The first-order valence-electron chi connectivity index (χ1n) is 7.36. The summed E-state index contributed by atoms with van der Waals surface area (Å²) >= 11 is 0. The number of allylic oxidation sites excluding steroid dienone is 2. The number of carbonyl (C=O) groups excluding carboxylic acids is 2. The molecule has 2 rings (SSSR count). The maximum atomic E-state index is 12.2. The number of rotatable bonds is 5. The third-order valence-corrected chi connectivity index (χ3v) is 3.64. The van der Waals surface area contributed by atoms with Gasteiger partial charge in [0.1, 0.15) is 0 Å². The molecule has 0 bridgehead atoms. The minimum atomic E-state index is -0.317. The highest BCUT2D eigenvalue weighted by Gasteiger charge is 2.27. The quantitative estimate of drug-likeness (QED) is 0.814. The Kier molecular flexibility index (Phi) is 4.93. The van der Waals surface area contributed by atoms with E-state index in [1.54, 1.807) is 24.3 Å². The molecular formula is C17H22N2O4. The lowest BCUT2D eigenvalue weighted by molar-refractivity contribution is -0.117. The molecule has 0 radical (unpaired) electrons. The predicted molar refractivity (Wildman–Crippen MR) is 86.3 cm³/mol. The normalized spacial score (nSPS) is 16.3. The summed E-state index contributed by atoms with van der Waals surface area (Å²) in [5, 5.41) is 0. The smallest absolute Gasteiger partial charge is 0.269 e. The molecule has 23 heavy (non-hydrogen) atoms. The van der Waals surface area contributed by atoms with Crippen molar-refractivity contribution in [1.29, 1.82) is 0 Å². The van der Waals surface area contributed by atoms with Gasteiger partial charge in [0.15, 0.2) is 17.3 Å². The number of hydrogen-bond acceptors (Lipinski definition) is 5. The summed E-state index contributed by atoms with van der Waals surface area (Å²) in [5.74, 6) is 0.777. The number of ether oxygens (including phenoxy) is 2. The summed E-state index contributed by atoms with van der Waals surface area (Å²) in [7, 11) is 3.05. The van der Waals surface area contributed by atoms with Crippen molar-refractivity contribution in [2.24, 2.45) is 5.41 Å². The van der Waals surface area contributed by atoms with E-state index in [1.165, 1.54) is 14.2 Å². The maximum Gasteiger partial charge on any atom is 0.269 e. The van der Waals surface area contributed by atoms with Gasteiger partial charge in [-0.3, -0.25) is 15.0 Å². The topological polar surface area (TPSA) is 76.7 Å². The Hall–Kier alpha value is -2.50. The van der Waals surface area contributed by atoms with Gasteiger partial charge in [0.25, 0.3) is 5.91 Å². The monoisotopic (exact) mass is 318 g/mol. The van der Waals surface area contributed by atoms with Crippen LogP contribution >= 0.6 is 0 Å². The highest BCUT2D eigenvalue weighted by atomic mass is 16.5. The molecule has 124 valence electrons. The minimum Gasteiger partial charge on any atom is -0.493 e. The molecule has 2 N–H and O–H groups in total. The van der Waals surface area contributed by atoms with Gasteiger partial charge in [0.2, 0.25) is 0 Å². The van der Waals surface area contributed by atoms with Crippen molar-refractivity contribution in [2.75, 3.05) is 14.2 Å². The fraction of sp³-hybridized carbons (Fsp3) is 0.412. The second-order valence-electron chi connectivity index (χ2n) is 6.30. The zero-order chi connectivity index (χ0) is 17.0. The first kappa shape index (κ1) is 16.9. The Labute approximate surface area is 135 Å². The lowest BCUT2D eigenvalue weighted by atomic mass is 9.79. The predicted octanol–water partition coefficient (Wildman–Crippen LogP) is 2.21. The lowest BCUT2D eigenvalue weighted by Gasteiger charge is -2.29. The molecule has 0 heterocycles. The molecule has 0 aliphatic heterocycles. The van der Waals surface area contributed by atoms with Crippen molar-refractivity contribution in [3.05, 3.63) is 35.5 Å².